The van der Waals surface area contributed by atoms with E-state index in [4.69, 9.17) is 16.3 Å². The molecule has 1 N–H and O–H groups in total. The summed E-state index contributed by atoms with van der Waals surface area (Å²) in [5.74, 6) is -1.73. The van der Waals surface area contributed by atoms with Gasteiger partial charge in [-0.2, -0.15) is 13.2 Å². The van der Waals surface area contributed by atoms with E-state index in [1.54, 1.807) is 38.1 Å². The number of barbiturate groups is 1. The predicted octanol–water partition coefficient (Wildman–Crippen LogP) is 4.81. The first kappa shape index (κ1) is 22.4. The first-order valence-electron chi connectivity index (χ1n) is 9.03. The Bertz CT molecular complexity index is 1100. The number of anilines is 1. The molecule has 0 aromatic heterocycles. The lowest BCUT2D eigenvalue weighted by atomic mass is 10.1. The number of carbonyl (C=O) groups excluding carboxylic acids is 3. The molecular formula is C21H16ClF3N2O4. The Balaban J connectivity index is 2.08. The molecule has 1 aliphatic heterocycles. The van der Waals surface area contributed by atoms with Crippen LogP contribution in [0.2, 0.25) is 5.02 Å². The molecular weight excluding hydrogens is 437 g/mol. The molecule has 0 atom stereocenters. The fraction of sp³-hybridized carbons (Fsp3) is 0.190. The summed E-state index contributed by atoms with van der Waals surface area (Å²) in [6.45, 7) is 3.58. The summed E-state index contributed by atoms with van der Waals surface area (Å²) in [4.78, 5) is 38.1. The molecule has 31 heavy (non-hydrogen) atoms. The quantitative estimate of drug-likeness (QED) is 0.533. The van der Waals surface area contributed by atoms with Crippen molar-refractivity contribution in [2.24, 2.45) is 0 Å². The Kier molecular flexibility index (Phi) is 6.08. The lowest BCUT2D eigenvalue weighted by molar-refractivity contribution is -0.137. The van der Waals surface area contributed by atoms with Crippen molar-refractivity contribution in [2.45, 2.75) is 26.1 Å². The smallest absolute Gasteiger partial charge is 0.416 e. The second-order valence-corrected chi connectivity index (χ2v) is 7.23. The van der Waals surface area contributed by atoms with E-state index in [1.165, 1.54) is 6.08 Å². The zero-order valence-electron chi connectivity index (χ0n) is 16.3. The number of nitrogens with zero attached hydrogens (tertiary/aromatic N) is 1. The number of benzene rings is 2. The molecule has 2 aromatic rings. The molecule has 0 saturated carbocycles. The van der Waals surface area contributed by atoms with Crippen molar-refractivity contribution >= 4 is 41.2 Å². The van der Waals surface area contributed by atoms with Crippen molar-refractivity contribution in [3.63, 3.8) is 0 Å². The lowest BCUT2D eigenvalue weighted by Gasteiger charge is -2.27. The van der Waals surface area contributed by atoms with Gasteiger partial charge in [0, 0.05) is 5.56 Å². The van der Waals surface area contributed by atoms with Crippen LogP contribution < -0.4 is 15.0 Å². The molecule has 1 aliphatic rings. The van der Waals surface area contributed by atoms with E-state index in [1.807, 2.05) is 5.32 Å². The maximum Gasteiger partial charge on any atom is 0.416 e. The predicted molar refractivity (Wildman–Crippen MR) is 108 cm³/mol. The van der Waals surface area contributed by atoms with E-state index < -0.39 is 40.8 Å². The third-order valence-corrected chi connectivity index (χ3v) is 4.52. The normalized spacial score (nSPS) is 16.2. The van der Waals surface area contributed by atoms with Gasteiger partial charge in [0.1, 0.15) is 11.3 Å². The third-order valence-electron chi connectivity index (χ3n) is 4.20. The summed E-state index contributed by atoms with van der Waals surface area (Å²) in [6.07, 6.45) is -3.72. The fourth-order valence-electron chi connectivity index (χ4n) is 2.85. The van der Waals surface area contributed by atoms with E-state index in [0.717, 1.165) is 12.1 Å². The molecule has 1 fully saturated rings. The first-order chi connectivity index (χ1) is 14.5. The van der Waals surface area contributed by atoms with Crippen LogP contribution in [0.15, 0.2) is 48.0 Å². The number of amides is 4. The highest BCUT2D eigenvalue weighted by Crippen LogP contribution is 2.36. The summed E-state index contributed by atoms with van der Waals surface area (Å²) >= 11 is 5.97. The van der Waals surface area contributed by atoms with Gasteiger partial charge in [-0.25, -0.2) is 9.69 Å². The van der Waals surface area contributed by atoms with Crippen molar-refractivity contribution in [2.75, 3.05) is 4.90 Å². The molecule has 0 radical (unpaired) electrons. The molecule has 1 saturated heterocycles. The van der Waals surface area contributed by atoms with Crippen LogP contribution in [0.25, 0.3) is 6.08 Å². The monoisotopic (exact) mass is 452 g/mol. The molecule has 10 heteroatoms. The Morgan fingerprint density at radius 1 is 1.10 bits per heavy atom. The fourth-order valence-corrected chi connectivity index (χ4v) is 3.06. The van der Waals surface area contributed by atoms with Gasteiger partial charge in [0.2, 0.25) is 0 Å². The zero-order chi connectivity index (χ0) is 22.9. The van der Waals surface area contributed by atoms with Gasteiger partial charge >= 0.3 is 12.2 Å². The van der Waals surface area contributed by atoms with Crippen molar-refractivity contribution in [1.29, 1.82) is 0 Å². The molecule has 0 bridgehead atoms. The summed E-state index contributed by atoms with van der Waals surface area (Å²) in [6, 6.07) is 7.57. The first-order valence-corrected chi connectivity index (χ1v) is 9.40. The van der Waals surface area contributed by atoms with Crippen LogP contribution in [0.5, 0.6) is 5.75 Å². The van der Waals surface area contributed by atoms with Crippen LogP contribution in [-0.2, 0) is 15.8 Å². The van der Waals surface area contributed by atoms with Gasteiger partial charge in [-0.05, 0) is 44.2 Å². The number of hydrogen-bond donors (Lipinski definition) is 1. The summed E-state index contributed by atoms with van der Waals surface area (Å²) in [5, 5.41) is 1.68. The Morgan fingerprint density at radius 2 is 1.77 bits per heavy atom. The minimum absolute atomic E-state index is 0.197. The van der Waals surface area contributed by atoms with E-state index in [2.05, 4.69) is 0 Å². The number of hydrogen-bond acceptors (Lipinski definition) is 4. The maximum atomic E-state index is 13.1. The zero-order valence-corrected chi connectivity index (χ0v) is 17.0. The van der Waals surface area contributed by atoms with E-state index in [0.29, 0.717) is 22.3 Å². The number of imide groups is 2. The van der Waals surface area contributed by atoms with Crippen LogP contribution in [0.3, 0.4) is 0 Å². The van der Waals surface area contributed by atoms with Gasteiger partial charge in [0.05, 0.1) is 22.4 Å². The summed E-state index contributed by atoms with van der Waals surface area (Å²) in [7, 11) is 0. The number of urea groups is 1. The van der Waals surface area contributed by atoms with Crippen molar-refractivity contribution in [1.82, 2.24) is 5.32 Å². The molecule has 0 unspecified atom stereocenters. The van der Waals surface area contributed by atoms with Crippen molar-refractivity contribution in [3.05, 3.63) is 64.2 Å². The average Bonchev–Trinajstić information content (AvgIpc) is 2.66. The minimum atomic E-state index is -4.73. The maximum absolute atomic E-state index is 13.1. The number of alkyl halides is 3. The molecule has 3 rings (SSSR count). The Hall–Kier alpha value is -3.33. The summed E-state index contributed by atoms with van der Waals surface area (Å²) < 4.78 is 45.0. The van der Waals surface area contributed by atoms with Gasteiger partial charge in [0.25, 0.3) is 11.8 Å². The SMILES string of the molecule is CC(C)Oc1ccccc1/C=C1/C(=O)NC(=O)N(c2cc(C(F)(F)F)ccc2Cl)C1=O. The third kappa shape index (κ3) is 4.72. The largest absolute Gasteiger partial charge is 0.490 e. The average molecular weight is 453 g/mol. The number of para-hydroxylation sites is 1. The molecule has 6 nitrogen and oxygen atoms in total. The van der Waals surface area contributed by atoms with Gasteiger partial charge in [-0.3, -0.25) is 14.9 Å². The highest BCUT2D eigenvalue weighted by molar-refractivity contribution is 6.42. The number of rotatable bonds is 4. The number of ether oxygens (including phenoxy) is 1. The Morgan fingerprint density at radius 3 is 2.42 bits per heavy atom. The molecule has 2 aromatic carbocycles. The second kappa shape index (κ2) is 8.43. The Labute approximate surface area is 180 Å². The number of nitrogens with one attached hydrogen (secondary N) is 1. The van der Waals surface area contributed by atoms with Gasteiger partial charge < -0.3 is 4.74 Å². The van der Waals surface area contributed by atoms with Crippen LogP contribution in [0, 0.1) is 0 Å². The molecule has 162 valence electrons. The minimum Gasteiger partial charge on any atom is -0.490 e. The standard InChI is InChI=1S/C21H16ClF3N2O4/c1-11(2)31-17-6-4-3-5-12(17)9-14-18(28)26-20(30)27(19(14)29)16-10-13(21(23,24)25)7-8-15(16)22/h3-11H,1-2H3,(H,26,28,30)/b14-9-. The molecule has 0 spiro atoms. The van der Waals surface area contributed by atoms with Crippen LogP contribution in [0.1, 0.15) is 25.0 Å². The van der Waals surface area contributed by atoms with Crippen molar-refractivity contribution < 1.29 is 32.3 Å². The van der Waals surface area contributed by atoms with E-state index >= 15 is 0 Å². The van der Waals surface area contributed by atoms with Gasteiger partial charge in [-0.1, -0.05) is 29.8 Å². The molecule has 1 heterocycles. The van der Waals surface area contributed by atoms with Crippen LogP contribution in [-0.4, -0.2) is 23.9 Å². The van der Waals surface area contributed by atoms with E-state index in [9.17, 15) is 27.6 Å². The van der Waals surface area contributed by atoms with Gasteiger partial charge in [0.15, 0.2) is 0 Å². The van der Waals surface area contributed by atoms with Crippen LogP contribution >= 0.6 is 11.6 Å². The van der Waals surface area contributed by atoms with E-state index in [-0.39, 0.29) is 11.1 Å². The topological polar surface area (TPSA) is 75.7 Å². The second-order valence-electron chi connectivity index (χ2n) is 6.83. The van der Waals surface area contributed by atoms with Crippen molar-refractivity contribution in [3.8, 4) is 5.75 Å². The molecule has 0 aliphatic carbocycles. The highest BCUT2D eigenvalue weighted by Gasteiger charge is 2.39. The number of halogens is 4. The van der Waals surface area contributed by atoms with Gasteiger partial charge in [-0.15, -0.1) is 0 Å². The number of carbonyl (C=O) groups is 3. The van der Waals surface area contributed by atoms with Crippen LogP contribution in [0.4, 0.5) is 23.7 Å². The molecule has 4 amide bonds. The summed E-state index contributed by atoms with van der Waals surface area (Å²) in [5.41, 5.74) is -1.69. The highest BCUT2D eigenvalue weighted by atomic mass is 35.5. The lowest BCUT2D eigenvalue weighted by Crippen LogP contribution is -2.54.